The smallest absolute Gasteiger partial charge is 0.0827 e. The van der Waals surface area contributed by atoms with E-state index in [4.69, 9.17) is 0 Å². The highest BCUT2D eigenvalue weighted by atomic mass is 35.5. The van der Waals surface area contributed by atoms with E-state index in [2.05, 4.69) is 51.1 Å². The first-order valence-corrected chi connectivity index (χ1v) is 15.2. The SMILES string of the molecule is CCCCCCCC[N+](CCCCCCCC)(CCCCCCCC)CCc1ccccc1.[Cl-]. The van der Waals surface area contributed by atoms with Gasteiger partial charge in [-0.05, 0) is 44.1 Å². The van der Waals surface area contributed by atoms with Crippen molar-refractivity contribution >= 4 is 0 Å². The zero-order valence-corrected chi connectivity index (χ0v) is 24.2. The molecule has 0 aliphatic carbocycles. The van der Waals surface area contributed by atoms with Gasteiger partial charge in [0.1, 0.15) is 0 Å². The topological polar surface area (TPSA) is 0 Å². The molecule has 0 aliphatic heterocycles. The van der Waals surface area contributed by atoms with Crippen LogP contribution in [0.25, 0.3) is 0 Å². The second-order valence-electron chi connectivity index (χ2n) is 10.8. The summed E-state index contributed by atoms with van der Waals surface area (Å²) in [6, 6.07) is 11.3. The van der Waals surface area contributed by atoms with Crippen molar-refractivity contribution in [2.45, 2.75) is 143 Å². The number of hydrogen-bond acceptors (Lipinski definition) is 0. The minimum absolute atomic E-state index is 0. The Balaban J connectivity index is 0.0000109. The maximum Gasteiger partial charge on any atom is 0.0827 e. The molecular weight excluding hydrogens is 434 g/mol. The third kappa shape index (κ3) is 17.8. The number of hydrogen-bond donors (Lipinski definition) is 0. The van der Waals surface area contributed by atoms with Gasteiger partial charge in [-0.2, -0.15) is 0 Å². The number of unbranched alkanes of at least 4 members (excludes halogenated alkanes) is 15. The fourth-order valence-electron chi connectivity index (χ4n) is 5.36. The molecule has 1 nitrogen and oxygen atoms in total. The normalized spacial score (nSPS) is 11.5. The van der Waals surface area contributed by atoms with E-state index in [1.54, 1.807) is 0 Å². The average Bonchev–Trinajstić information content (AvgIpc) is 2.85. The second-order valence-corrected chi connectivity index (χ2v) is 10.8. The first kappa shape index (κ1) is 33.5. The molecule has 34 heavy (non-hydrogen) atoms. The zero-order chi connectivity index (χ0) is 23.9. The molecule has 0 spiro atoms. The van der Waals surface area contributed by atoms with Crippen molar-refractivity contribution in [2.75, 3.05) is 26.2 Å². The van der Waals surface area contributed by atoms with E-state index in [9.17, 15) is 0 Å². The first-order valence-electron chi connectivity index (χ1n) is 15.2. The maximum atomic E-state index is 2.34. The van der Waals surface area contributed by atoms with Gasteiger partial charge in [0.2, 0.25) is 0 Å². The molecule has 0 unspecified atom stereocenters. The van der Waals surface area contributed by atoms with Crippen LogP contribution in [0.2, 0.25) is 0 Å². The van der Waals surface area contributed by atoms with Gasteiger partial charge in [0.15, 0.2) is 0 Å². The molecule has 0 saturated heterocycles. The van der Waals surface area contributed by atoms with Crippen molar-refractivity contribution in [1.29, 1.82) is 0 Å². The van der Waals surface area contributed by atoms with E-state index in [0.717, 1.165) is 0 Å². The van der Waals surface area contributed by atoms with Crippen LogP contribution in [-0.2, 0) is 6.42 Å². The van der Waals surface area contributed by atoms with Crippen LogP contribution in [0.1, 0.15) is 142 Å². The van der Waals surface area contributed by atoms with E-state index in [1.807, 2.05) is 0 Å². The Morgan fingerprint density at radius 3 is 1.18 bits per heavy atom. The van der Waals surface area contributed by atoms with Crippen LogP contribution in [-0.4, -0.2) is 30.7 Å². The largest absolute Gasteiger partial charge is 1.00 e. The average molecular weight is 494 g/mol. The van der Waals surface area contributed by atoms with Gasteiger partial charge in [0.05, 0.1) is 26.2 Å². The minimum atomic E-state index is 0. The zero-order valence-electron chi connectivity index (χ0n) is 23.5. The second kappa shape index (κ2) is 24.2. The van der Waals surface area contributed by atoms with Crippen molar-refractivity contribution < 1.29 is 16.9 Å². The molecule has 0 saturated carbocycles. The van der Waals surface area contributed by atoms with Crippen LogP contribution in [0, 0.1) is 0 Å². The Kier molecular flexibility index (Phi) is 23.8. The van der Waals surface area contributed by atoms with Crippen LogP contribution in [0.5, 0.6) is 0 Å². The van der Waals surface area contributed by atoms with Crippen molar-refractivity contribution in [3.8, 4) is 0 Å². The third-order valence-corrected chi connectivity index (χ3v) is 7.68. The summed E-state index contributed by atoms with van der Waals surface area (Å²) in [7, 11) is 0. The van der Waals surface area contributed by atoms with Crippen LogP contribution in [0.3, 0.4) is 0 Å². The van der Waals surface area contributed by atoms with E-state index in [1.165, 1.54) is 158 Å². The molecule has 0 aliphatic rings. The molecule has 1 aromatic rings. The molecule has 0 atom stereocenters. The summed E-state index contributed by atoms with van der Waals surface area (Å²) in [6.45, 7) is 12.6. The minimum Gasteiger partial charge on any atom is -1.00 e. The molecule has 0 radical (unpaired) electrons. The first-order chi connectivity index (χ1) is 16.3. The number of halogens is 1. The molecule has 0 N–H and O–H groups in total. The van der Waals surface area contributed by atoms with Gasteiger partial charge in [-0.25, -0.2) is 0 Å². The summed E-state index contributed by atoms with van der Waals surface area (Å²) in [6.07, 6.45) is 26.9. The molecule has 1 rings (SSSR count). The van der Waals surface area contributed by atoms with Gasteiger partial charge in [0.25, 0.3) is 0 Å². The summed E-state index contributed by atoms with van der Waals surface area (Å²) < 4.78 is 1.39. The van der Waals surface area contributed by atoms with Crippen molar-refractivity contribution in [3.63, 3.8) is 0 Å². The number of nitrogens with zero attached hydrogens (tertiary/aromatic N) is 1. The quantitative estimate of drug-likeness (QED) is 0.106. The maximum absolute atomic E-state index is 2.34. The van der Waals surface area contributed by atoms with E-state index < -0.39 is 0 Å². The molecule has 1 aromatic carbocycles. The highest BCUT2D eigenvalue weighted by Crippen LogP contribution is 2.20. The fourth-order valence-corrected chi connectivity index (χ4v) is 5.36. The molecule has 0 aromatic heterocycles. The highest BCUT2D eigenvalue weighted by molar-refractivity contribution is 5.14. The standard InChI is InChI=1S/C32H60N.ClH/c1-4-7-10-13-16-22-28-33(29-23-17-14-11-8-5-2,30-24-18-15-12-9-6-3)31-27-32-25-20-19-21-26-32;/h19-21,25-26H,4-18,22-24,27-31H2,1-3H3;1H/q+1;/p-1. The van der Waals surface area contributed by atoms with Gasteiger partial charge >= 0.3 is 0 Å². The Morgan fingerprint density at radius 2 is 0.794 bits per heavy atom. The summed E-state index contributed by atoms with van der Waals surface area (Å²) in [4.78, 5) is 0. The summed E-state index contributed by atoms with van der Waals surface area (Å²) in [5.41, 5.74) is 1.54. The molecule has 2 heteroatoms. The Bertz CT molecular complexity index is 474. The molecule has 0 heterocycles. The van der Waals surface area contributed by atoms with E-state index >= 15 is 0 Å². The molecule has 0 bridgehead atoms. The summed E-state index contributed by atoms with van der Waals surface area (Å²) >= 11 is 0. The van der Waals surface area contributed by atoms with E-state index in [-0.39, 0.29) is 12.4 Å². The van der Waals surface area contributed by atoms with Gasteiger partial charge < -0.3 is 16.9 Å². The number of benzene rings is 1. The highest BCUT2D eigenvalue weighted by Gasteiger charge is 2.26. The van der Waals surface area contributed by atoms with Gasteiger partial charge in [-0.1, -0.05) is 128 Å². The van der Waals surface area contributed by atoms with Crippen LogP contribution < -0.4 is 12.4 Å². The van der Waals surface area contributed by atoms with Gasteiger partial charge in [0, 0.05) is 6.42 Å². The molecule has 0 amide bonds. The van der Waals surface area contributed by atoms with Gasteiger partial charge in [-0.15, -0.1) is 0 Å². The number of rotatable bonds is 24. The van der Waals surface area contributed by atoms with Crippen LogP contribution >= 0.6 is 0 Å². The van der Waals surface area contributed by atoms with Crippen LogP contribution in [0.4, 0.5) is 0 Å². The predicted octanol–water partition coefficient (Wildman–Crippen LogP) is 7.13. The lowest BCUT2D eigenvalue weighted by molar-refractivity contribution is -0.928. The summed E-state index contributed by atoms with van der Waals surface area (Å²) in [5, 5.41) is 0. The lowest BCUT2D eigenvalue weighted by atomic mass is 10.0. The number of quaternary nitrogens is 1. The molecule has 0 fully saturated rings. The Morgan fingerprint density at radius 1 is 0.441 bits per heavy atom. The lowest BCUT2D eigenvalue weighted by Crippen LogP contribution is -3.00. The third-order valence-electron chi connectivity index (χ3n) is 7.68. The van der Waals surface area contributed by atoms with Crippen LogP contribution in [0.15, 0.2) is 30.3 Å². The van der Waals surface area contributed by atoms with Crippen molar-refractivity contribution in [1.82, 2.24) is 0 Å². The molecular formula is C32H60ClN. The molecule has 200 valence electrons. The van der Waals surface area contributed by atoms with Gasteiger partial charge in [-0.3, -0.25) is 0 Å². The summed E-state index contributed by atoms with van der Waals surface area (Å²) in [5.74, 6) is 0. The Labute approximate surface area is 221 Å². The lowest BCUT2D eigenvalue weighted by Gasteiger charge is -2.39. The fraction of sp³-hybridized carbons (Fsp3) is 0.812. The predicted molar refractivity (Wildman–Crippen MR) is 150 cm³/mol. The van der Waals surface area contributed by atoms with E-state index in [0.29, 0.717) is 0 Å². The Hall–Kier alpha value is -0.530. The van der Waals surface area contributed by atoms with Crippen molar-refractivity contribution in [3.05, 3.63) is 35.9 Å². The monoisotopic (exact) mass is 493 g/mol. The van der Waals surface area contributed by atoms with Crippen molar-refractivity contribution in [2.24, 2.45) is 0 Å².